The minimum absolute atomic E-state index is 0.0923. The zero-order chi connectivity index (χ0) is 13.8. The molecule has 1 aliphatic heterocycles. The highest BCUT2D eigenvalue weighted by Gasteiger charge is 2.28. The molecule has 1 atom stereocenters. The van der Waals surface area contributed by atoms with Crippen LogP contribution >= 0.6 is 15.9 Å². The van der Waals surface area contributed by atoms with Crippen LogP contribution in [0.3, 0.4) is 0 Å². The summed E-state index contributed by atoms with van der Waals surface area (Å²) in [6.45, 7) is 1.29. The van der Waals surface area contributed by atoms with Crippen molar-refractivity contribution in [2.45, 2.75) is 19.3 Å². The normalized spacial score (nSPS) is 18.6. The molecule has 0 aliphatic carbocycles. The summed E-state index contributed by atoms with van der Waals surface area (Å²) < 4.78 is 0.689. The Kier molecular flexibility index (Phi) is 4.52. The van der Waals surface area contributed by atoms with E-state index in [1.165, 1.54) is 0 Å². The second kappa shape index (κ2) is 6.14. The van der Waals surface area contributed by atoms with Gasteiger partial charge >= 0.3 is 5.97 Å². The van der Waals surface area contributed by atoms with Gasteiger partial charge < -0.3 is 10.0 Å². The molecular weight excluding hydrogens is 312 g/mol. The first-order valence-electron chi connectivity index (χ1n) is 6.19. The van der Waals surface area contributed by atoms with Gasteiger partial charge in [0, 0.05) is 30.2 Å². The van der Waals surface area contributed by atoms with E-state index in [2.05, 4.69) is 20.9 Å². The van der Waals surface area contributed by atoms with E-state index in [0.29, 0.717) is 29.7 Å². The van der Waals surface area contributed by atoms with Gasteiger partial charge in [-0.2, -0.15) is 0 Å². The van der Waals surface area contributed by atoms with Crippen LogP contribution < -0.4 is 0 Å². The van der Waals surface area contributed by atoms with Crippen molar-refractivity contribution in [1.29, 1.82) is 0 Å². The van der Waals surface area contributed by atoms with E-state index in [1.54, 1.807) is 23.2 Å². The van der Waals surface area contributed by atoms with Gasteiger partial charge in [0.2, 0.25) is 0 Å². The fourth-order valence-electron chi connectivity index (χ4n) is 2.27. The number of carboxylic acids is 1. The number of carbonyl (C=O) groups excluding carboxylic acids is 1. The van der Waals surface area contributed by atoms with Crippen molar-refractivity contribution in [3.05, 3.63) is 28.5 Å². The van der Waals surface area contributed by atoms with Crippen molar-refractivity contribution in [1.82, 2.24) is 9.88 Å². The summed E-state index contributed by atoms with van der Waals surface area (Å²) in [5.74, 6) is -0.593. The maximum absolute atomic E-state index is 12.3. The van der Waals surface area contributed by atoms with E-state index in [4.69, 9.17) is 5.11 Å². The molecule has 2 heterocycles. The maximum atomic E-state index is 12.3. The molecule has 0 spiro atoms. The molecule has 1 unspecified atom stereocenters. The number of hydrogen-bond acceptors (Lipinski definition) is 3. The predicted molar refractivity (Wildman–Crippen MR) is 72.8 cm³/mol. The van der Waals surface area contributed by atoms with Gasteiger partial charge in [-0.15, -0.1) is 0 Å². The molecule has 1 aromatic rings. The number of nitrogens with zero attached hydrogens (tertiary/aromatic N) is 2. The Morgan fingerprint density at radius 2 is 2.32 bits per heavy atom. The first-order chi connectivity index (χ1) is 9.08. The third-order valence-corrected chi connectivity index (χ3v) is 3.94. The molecule has 1 aliphatic rings. The number of amides is 1. The number of likely N-dealkylation sites (tertiary alicyclic amines) is 1. The van der Waals surface area contributed by atoms with Gasteiger partial charge in [-0.05, 0) is 46.8 Å². The molecule has 0 bridgehead atoms. The second-order valence-corrected chi connectivity index (χ2v) is 5.53. The molecule has 6 heteroatoms. The highest BCUT2D eigenvalue weighted by Crippen LogP contribution is 2.24. The Bertz CT molecular complexity index is 493. The highest BCUT2D eigenvalue weighted by atomic mass is 79.9. The van der Waals surface area contributed by atoms with Gasteiger partial charge in [-0.1, -0.05) is 0 Å². The van der Waals surface area contributed by atoms with Crippen LogP contribution in [-0.2, 0) is 4.79 Å². The van der Waals surface area contributed by atoms with Crippen LogP contribution in [0, 0.1) is 5.92 Å². The van der Waals surface area contributed by atoms with Crippen LogP contribution in [0.4, 0.5) is 0 Å². The fraction of sp³-hybridized carbons (Fsp3) is 0.462. The van der Waals surface area contributed by atoms with Crippen LogP contribution in [0.1, 0.15) is 29.8 Å². The quantitative estimate of drug-likeness (QED) is 0.920. The number of carboxylic acid groups (broad SMARTS) is 1. The average molecular weight is 327 g/mol. The average Bonchev–Trinajstić information content (AvgIpc) is 2.85. The predicted octanol–water partition coefficient (Wildman–Crippen LogP) is 2.17. The Morgan fingerprint density at radius 1 is 1.53 bits per heavy atom. The van der Waals surface area contributed by atoms with Crippen molar-refractivity contribution in [3.8, 4) is 0 Å². The summed E-state index contributed by atoms with van der Waals surface area (Å²) >= 11 is 3.32. The molecule has 1 saturated heterocycles. The van der Waals surface area contributed by atoms with Gasteiger partial charge in [0.05, 0.1) is 0 Å². The summed E-state index contributed by atoms with van der Waals surface area (Å²) in [5.41, 5.74) is 0.418. The molecule has 0 aromatic carbocycles. The zero-order valence-electron chi connectivity index (χ0n) is 10.4. The molecular formula is C13H15BrN2O3. The number of halogens is 1. The van der Waals surface area contributed by atoms with Gasteiger partial charge in [0.15, 0.2) is 0 Å². The molecule has 102 valence electrons. The van der Waals surface area contributed by atoms with Crippen molar-refractivity contribution in [3.63, 3.8) is 0 Å². The van der Waals surface area contributed by atoms with E-state index in [-0.39, 0.29) is 18.2 Å². The summed E-state index contributed by atoms with van der Waals surface area (Å²) in [6, 6.07) is 3.55. The van der Waals surface area contributed by atoms with Crippen LogP contribution in [0.2, 0.25) is 0 Å². The monoisotopic (exact) mass is 326 g/mol. The molecule has 1 amide bonds. The van der Waals surface area contributed by atoms with Gasteiger partial charge in [-0.25, -0.2) is 4.98 Å². The molecule has 5 nitrogen and oxygen atoms in total. The minimum Gasteiger partial charge on any atom is -0.481 e. The number of aliphatic carboxylic acids is 1. The SMILES string of the molecule is O=C(O)CCC1CCN(C(=O)c2ncccc2Br)C1. The Hall–Kier alpha value is -1.43. The van der Waals surface area contributed by atoms with Crippen molar-refractivity contribution < 1.29 is 14.7 Å². The van der Waals surface area contributed by atoms with Crippen molar-refractivity contribution in [2.24, 2.45) is 5.92 Å². The largest absolute Gasteiger partial charge is 0.481 e. The number of hydrogen-bond donors (Lipinski definition) is 1. The third kappa shape index (κ3) is 3.53. The smallest absolute Gasteiger partial charge is 0.303 e. The minimum atomic E-state index is -0.780. The summed E-state index contributed by atoms with van der Waals surface area (Å²) in [7, 11) is 0. The third-order valence-electron chi connectivity index (χ3n) is 3.30. The van der Waals surface area contributed by atoms with Gasteiger partial charge in [-0.3, -0.25) is 9.59 Å². The second-order valence-electron chi connectivity index (χ2n) is 4.67. The lowest BCUT2D eigenvalue weighted by molar-refractivity contribution is -0.137. The lowest BCUT2D eigenvalue weighted by atomic mass is 10.0. The maximum Gasteiger partial charge on any atom is 0.303 e. The van der Waals surface area contributed by atoms with Crippen molar-refractivity contribution >= 4 is 27.8 Å². The molecule has 1 fully saturated rings. The van der Waals surface area contributed by atoms with Crippen LogP contribution in [0.5, 0.6) is 0 Å². The van der Waals surface area contributed by atoms with Gasteiger partial charge in [0.1, 0.15) is 5.69 Å². The summed E-state index contributed by atoms with van der Waals surface area (Å²) in [5, 5.41) is 8.67. The lowest BCUT2D eigenvalue weighted by Crippen LogP contribution is -2.29. The van der Waals surface area contributed by atoms with E-state index in [0.717, 1.165) is 6.42 Å². The highest BCUT2D eigenvalue weighted by molar-refractivity contribution is 9.10. The Balaban J connectivity index is 1.95. The topological polar surface area (TPSA) is 70.5 Å². The lowest BCUT2D eigenvalue weighted by Gasteiger charge is -2.16. The number of aromatic nitrogens is 1. The van der Waals surface area contributed by atoms with Crippen LogP contribution in [0.25, 0.3) is 0 Å². The first-order valence-corrected chi connectivity index (χ1v) is 6.99. The molecule has 19 heavy (non-hydrogen) atoms. The number of carbonyl (C=O) groups is 2. The Morgan fingerprint density at radius 3 is 3.00 bits per heavy atom. The van der Waals surface area contributed by atoms with E-state index < -0.39 is 5.97 Å². The van der Waals surface area contributed by atoms with E-state index in [1.807, 2.05) is 0 Å². The van der Waals surface area contributed by atoms with Crippen molar-refractivity contribution in [2.75, 3.05) is 13.1 Å². The van der Waals surface area contributed by atoms with Gasteiger partial charge in [0.25, 0.3) is 5.91 Å². The first kappa shape index (κ1) is 14.0. The summed E-state index contributed by atoms with van der Waals surface area (Å²) in [6.07, 6.45) is 3.25. The van der Waals surface area contributed by atoms with E-state index in [9.17, 15) is 9.59 Å². The Labute approximate surface area is 119 Å². The molecule has 1 N–H and O–H groups in total. The fourth-order valence-corrected chi connectivity index (χ4v) is 2.70. The molecule has 1 aromatic heterocycles. The van der Waals surface area contributed by atoms with E-state index >= 15 is 0 Å². The zero-order valence-corrected chi connectivity index (χ0v) is 12.0. The standard InChI is InChI=1S/C13H15BrN2O3/c14-10-2-1-6-15-12(10)13(19)16-7-5-9(8-16)3-4-11(17)18/h1-2,6,9H,3-5,7-8H2,(H,17,18). The number of rotatable bonds is 4. The van der Waals surface area contributed by atoms with Crippen LogP contribution in [-0.4, -0.2) is 40.0 Å². The van der Waals surface area contributed by atoms with Crippen LogP contribution in [0.15, 0.2) is 22.8 Å². The number of pyridine rings is 1. The molecule has 0 saturated carbocycles. The molecule has 0 radical (unpaired) electrons. The summed E-state index contributed by atoms with van der Waals surface area (Å²) in [4.78, 5) is 28.6. The molecule has 2 rings (SSSR count).